The van der Waals surface area contributed by atoms with E-state index in [2.05, 4.69) is 10.1 Å². The van der Waals surface area contributed by atoms with Crippen LogP contribution < -0.4 is 5.73 Å². The lowest BCUT2D eigenvalue weighted by molar-refractivity contribution is -0.137. The van der Waals surface area contributed by atoms with Crippen molar-refractivity contribution >= 4 is 24.3 Å². The van der Waals surface area contributed by atoms with E-state index in [-0.39, 0.29) is 24.9 Å². The van der Waals surface area contributed by atoms with Crippen LogP contribution in [0.4, 0.5) is 5.95 Å². The van der Waals surface area contributed by atoms with Crippen LogP contribution in [0.2, 0.25) is 0 Å². The van der Waals surface area contributed by atoms with Gasteiger partial charge in [-0.3, -0.25) is 4.79 Å². The Morgan fingerprint density at radius 2 is 2.45 bits per heavy atom. The highest BCUT2D eigenvalue weighted by Gasteiger charge is 2.02. The molecule has 0 amide bonds. The number of carboxylic acids is 1. The van der Waals surface area contributed by atoms with Crippen LogP contribution >= 0.6 is 12.4 Å². The average Bonchev–Trinajstić information content (AvgIpc) is 2.15. The fraction of sp³-hybridized carbons (Fsp3) is 0.250. The zero-order valence-corrected chi connectivity index (χ0v) is 6.28. The van der Waals surface area contributed by atoms with E-state index >= 15 is 0 Å². The number of aromatic nitrogens is 3. The molecule has 0 spiro atoms. The molecule has 0 atom stereocenters. The lowest BCUT2D eigenvalue weighted by Crippen LogP contribution is -2.12. The highest BCUT2D eigenvalue weighted by molar-refractivity contribution is 5.85. The van der Waals surface area contributed by atoms with E-state index in [9.17, 15) is 4.79 Å². The third-order valence-electron chi connectivity index (χ3n) is 0.931. The molecule has 0 aliphatic heterocycles. The predicted molar refractivity (Wildman–Crippen MR) is 39.3 cm³/mol. The Hall–Kier alpha value is -1.30. The molecule has 1 heterocycles. The van der Waals surface area contributed by atoms with Crippen LogP contribution in [0, 0.1) is 0 Å². The monoisotopic (exact) mass is 178 g/mol. The van der Waals surface area contributed by atoms with E-state index in [4.69, 9.17) is 10.8 Å². The Bertz CT molecular complexity index is 248. The minimum absolute atomic E-state index is 0. The van der Waals surface area contributed by atoms with Crippen LogP contribution in [0.1, 0.15) is 0 Å². The number of nitrogens with zero attached hydrogens (tertiary/aromatic N) is 3. The van der Waals surface area contributed by atoms with Crippen LogP contribution in [0.25, 0.3) is 0 Å². The van der Waals surface area contributed by atoms with Gasteiger partial charge in [0.2, 0.25) is 5.95 Å². The van der Waals surface area contributed by atoms with Gasteiger partial charge in [-0.1, -0.05) is 0 Å². The zero-order chi connectivity index (χ0) is 7.56. The van der Waals surface area contributed by atoms with E-state index < -0.39 is 5.97 Å². The summed E-state index contributed by atoms with van der Waals surface area (Å²) in [5, 5.41) is 11.8. The smallest absolute Gasteiger partial charge is 0.325 e. The van der Waals surface area contributed by atoms with Gasteiger partial charge in [0.1, 0.15) is 12.9 Å². The molecule has 6 nitrogen and oxygen atoms in total. The van der Waals surface area contributed by atoms with Crippen LogP contribution in [0.3, 0.4) is 0 Å². The minimum atomic E-state index is -0.989. The Kier molecular flexibility index (Phi) is 3.32. The summed E-state index contributed by atoms with van der Waals surface area (Å²) in [4.78, 5) is 13.6. The Balaban J connectivity index is 0.000001000. The van der Waals surface area contributed by atoms with E-state index in [1.807, 2.05) is 0 Å². The number of aliphatic carboxylic acids is 1. The molecule has 0 fully saturated rings. The summed E-state index contributed by atoms with van der Waals surface area (Å²) >= 11 is 0. The molecule has 1 rings (SSSR count). The Labute approximate surface area is 68.4 Å². The van der Waals surface area contributed by atoms with Crippen molar-refractivity contribution in [2.45, 2.75) is 6.54 Å². The highest BCUT2D eigenvalue weighted by atomic mass is 35.5. The van der Waals surface area contributed by atoms with E-state index in [0.717, 1.165) is 4.68 Å². The molecule has 62 valence electrons. The Morgan fingerprint density at radius 1 is 1.82 bits per heavy atom. The first-order valence-corrected chi connectivity index (χ1v) is 2.55. The fourth-order valence-electron chi connectivity index (χ4n) is 0.523. The number of anilines is 1. The second-order valence-corrected chi connectivity index (χ2v) is 1.67. The molecule has 0 aliphatic rings. The number of carboxylic acid groups (broad SMARTS) is 1. The number of rotatable bonds is 2. The number of halogens is 1. The summed E-state index contributed by atoms with van der Waals surface area (Å²) in [5.74, 6) is -0.875. The van der Waals surface area contributed by atoms with Crippen LogP contribution in [0.5, 0.6) is 0 Å². The summed E-state index contributed by atoms with van der Waals surface area (Å²) in [6.07, 6.45) is 1.21. The number of hydrogen-bond acceptors (Lipinski definition) is 4. The summed E-state index contributed by atoms with van der Waals surface area (Å²) in [6.45, 7) is -0.244. The molecule has 0 radical (unpaired) electrons. The fourth-order valence-corrected chi connectivity index (χ4v) is 0.523. The molecule has 0 bridgehead atoms. The summed E-state index contributed by atoms with van der Waals surface area (Å²) in [7, 11) is 0. The molecule has 7 heteroatoms. The maximum atomic E-state index is 10.1. The molecule has 0 aliphatic carbocycles. The van der Waals surface area contributed by atoms with Gasteiger partial charge in [0, 0.05) is 0 Å². The summed E-state index contributed by atoms with van der Waals surface area (Å²) in [5.41, 5.74) is 5.21. The van der Waals surface area contributed by atoms with Crippen LogP contribution in [-0.4, -0.2) is 25.8 Å². The highest BCUT2D eigenvalue weighted by Crippen LogP contribution is 1.92. The summed E-state index contributed by atoms with van der Waals surface area (Å²) in [6, 6.07) is 0. The van der Waals surface area contributed by atoms with Crippen molar-refractivity contribution in [1.29, 1.82) is 0 Å². The first-order chi connectivity index (χ1) is 4.70. The van der Waals surface area contributed by atoms with Crippen LogP contribution in [0.15, 0.2) is 6.33 Å². The van der Waals surface area contributed by atoms with Crippen molar-refractivity contribution in [3.8, 4) is 0 Å². The number of carbonyl (C=O) groups is 1. The van der Waals surface area contributed by atoms with Gasteiger partial charge in [-0.15, -0.1) is 12.4 Å². The number of nitrogen functional groups attached to an aromatic ring is 1. The van der Waals surface area contributed by atoms with E-state index in [1.54, 1.807) is 0 Å². The maximum absolute atomic E-state index is 10.1. The van der Waals surface area contributed by atoms with Gasteiger partial charge in [0.05, 0.1) is 0 Å². The van der Waals surface area contributed by atoms with Gasteiger partial charge >= 0.3 is 5.97 Å². The SMILES string of the molecule is Cl.Nc1ncnn1CC(=O)O. The average molecular weight is 179 g/mol. The van der Waals surface area contributed by atoms with Gasteiger partial charge in [-0.05, 0) is 0 Å². The molecule has 1 aromatic heterocycles. The van der Waals surface area contributed by atoms with Crippen LogP contribution in [-0.2, 0) is 11.3 Å². The molecule has 0 saturated heterocycles. The largest absolute Gasteiger partial charge is 0.480 e. The second kappa shape index (κ2) is 3.77. The maximum Gasteiger partial charge on any atom is 0.325 e. The van der Waals surface area contributed by atoms with Crippen molar-refractivity contribution in [2.75, 3.05) is 5.73 Å². The van der Waals surface area contributed by atoms with Gasteiger partial charge in [0.15, 0.2) is 0 Å². The molecular formula is C4H7ClN4O2. The zero-order valence-electron chi connectivity index (χ0n) is 5.47. The molecule has 11 heavy (non-hydrogen) atoms. The second-order valence-electron chi connectivity index (χ2n) is 1.67. The van der Waals surface area contributed by atoms with Gasteiger partial charge in [0.25, 0.3) is 0 Å². The first kappa shape index (κ1) is 9.70. The number of nitrogens with two attached hydrogens (primary N) is 1. The molecular weight excluding hydrogens is 172 g/mol. The van der Waals surface area contributed by atoms with Crippen molar-refractivity contribution < 1.29 is 9.90 Å². The standard InChI is InChI=1S/C4H6N4O2.ClH/c5-4-6-2-7-8(4)1-3(9)10;/h2H,1H2,(H,9,10)(H2,5,6,7);1H. The molecule has 0 saturated carbocycles. The van der Waals surface area contributed by atoms with Gasteiger partial charge in [-0.25, -0.2) is 9.67 Å². The topological polar surface area (TPSA) is 94.0 Å². The first-order valence-electron chi connectivity index (χ1n) is 2.55. The molecule has 1 aromatic rings. The van der Waals surface area contributed by atoms with E-state index in [0.29, 0.717) is 0 Å². The van der Waals surface area contributed by atoms with E-state index in [1.165, 1.54) is 6.33 Å². The van der Waals surface area contributed by atoms with Crippen molar-refractivity contribution in [1.82, 2.24) is 14.8 Å². The lowest BCUT2D eigenvalue weighted by Gasteiger charge is -1.94. The minimum Gasteiger partial charge on any atom is -0.480 e. The molecule has 0 unspecified atom stereocenters. The van der Waals surface area contributed by atoms with Crippen molar-refractivity contribution in [3.05, 3.63) is 6.33 Å². The predicted octanol–water partition coefficient (Wildman–Crippen LogP) is -0.633. The molecule has 3 N–H and O–H groups in total. The van der Waals surface area contributed by atoms with Crippen molar-refractivity contribution in [2.24, 2.45) is 0 Å². The van der Waals surface area contributed by atoms with Gasteiger partial charge < -0.3 is 10.8 Å². The number of hydrogen-bond donors (Lipinski definition) is 2. The van der Waals surface area contributed by atoms with Gasteiger partial charge in [-0.2, -0.15) is 5.10 Å². The Morgan fingerprint density at radius 3 is 2.82 bits per heavy atom. The third-order valence-corrected chi connectivity index (χ3v) is 0.931. The third kappa shape index (κ3) is 2.42. The normalized spacial score (nSPS) is 8.73. The molecule has 0 aromatic carbocycles. The quantitative estimate of drug-likeness (QED) is 0.629. The summed E-state index contributed by atoms with van der Waals surface area (Å²) < 4.78 is 1.10. The lowest BCUT2D eigenvalue weighted by atomic mass is 10.7. The van der Waals surface area contributed by atoms with Crippen molar-refractivity contribution in [3.63, 3.8) is 0 Å².